The molecular weight excluding hydrogens is 422 g/mol. The number of hydrogen-bond donors (Lipinski definition) is 2. The van der Waals surface area contributed by atoms with Gasteiger partial charge in [-0.15, -0.1) is 11.3 Å². The van der Waals surface area contributed by atoms with Crippen molar-refractivity contribution in [2.24, 2.45) is 0 Å². The highest BCUT2D eigenvalue weighted by molar-refractivity contribution is 7.10. The summed E-state index contributed by atoms with van der Waals surface area (Å²) in [5.41, 5.74) is 2.52. The quantitative estimate of drug-likeness (QED) is 0.543. The van der Waals surface area contributed by atoms with E-state index in [0.717, 1.165) is 19.5 Å². The van der Waals surface area contributed by atoms with Gasteiger partial charge in [0.05, 0.1) is 19.0 Å². The molecule has 1 aliphatic rings. The summed E-state index contributed by atoms with van der Waals surface area (Å²) in [5.74, 6) is 1.36. The highest BCUT2D eigenvalue weighted by Gasteiger charge is 2.21. The fraction of sp³-hybridized carbons (Fsp3) is 0.190. The van der Waals surface area contributed by atoms with Gasteiger partial charge in [-0.25, -0.2) is 4.98 Å². The molecule has 154 valence electrons. The number of carbonyl (C=O) groups excluding carboxylic acids is 1. The van der Waals surface area contributed by atoms with Crippen molar-refractivity contribution in [1.29, 1.82) is 0 Å². The van der Waals surface area contributed by atoms with E-state index in [0.29, 0.717) is 33.9 Å². The molecule has 0 atom stereocenters. The van der Waals surface area contributed by atoms with Crippen LogP contribution in [-0.4, -0.2) is 29.5 Å². The molecular formula is C21H20ClN5O2S. The summed E-state index contributed by atoms with van der Waals surface area (Å²) in [6.45, 7) is 5.07. The Morgan fingerprint density at radius 1 is 1.40 bits per heavy atom. The number of benzene rings is 1. The zero-order chi connectivity index (χ0) is 21.1. The molecule has 0 bridgehead atoms. The Hall–Kier alpha value is -3.10. The Labute approximate surface area is 183 Å². The van der Waals surface area contributed by atoms with E-state index < -0.39 is 0 Å². The molecule has 0 unspecified atom stereocenters. The molecule has 4 rings (SSSR count). The summed E-state index contributed by atoms with van der Waals surface area (Å²) >= 11 is 8.21. The molecule has 1 amide bonds. The molecule has 2 N–H and O–H groups in total. The van der Waals surface area contributed by atoms with Crippen molar-refractivity contribution in [1.82, 2.24) is 9.97 Å². The summed E-state index contributed by atoms with van der Waals surface area (Å²) in [6.07, 6.45) is 3.77. The predicted molar refractivity (Wildman–Crippen MR) is 121 cm³/mol. The van der Waals surface area contributed by atoms with Gasteiger partial charge in [0, 0.05) is 23.7 Å². The first-order chi connectivity index (χ1) is 14.6. The van der Waals surface area contributed by atoms with Crippen LogP contribution in [0.25, 0.3) is 0 Å². The van der Waals surface area contributed by atoms with Crippen molar-refractivity contribution in [2.75, 3.05) is 29.2 Å². The van der Waals surface area contributed by atoms with Gasteiger partial charge in [-0.05, 0) is 47.7 Å². The third-order valence-electron chi connectivity index (χ3n) is 4.73. The molecule has 30 heavy (non-hydrogen) atoms. The first kappa shape index (κ1) is 20.2. The van der Waals surface area contributed by atoms with Gasteiger partial charge in [-0.3, -0.25) is 4.79 Å². The van der Waals surface area contributed by atoms with Crippen LogP contribution in [0.3, 0.4) is 0 Å². The van der Waals surface area contributed by atoms with E-state index in [4.69, 9.17) is 16.3 Å². The zero-order valence-electron chi connectivity index (χ0n) is 16.3. The van der Waals surface area contributed by atoms with E-state index in [1.165, 1.54) is 16.5 Å². The average molecular weight is 442 g/mol. The lowest BCUT2D eigenvalue weighted by Gasteiger charge is -2.28. The lowest BCUT2D eigenvalue weighted by atomic mass is 10.1. The SMILES string of the molecule is C=CC(=O)Nc1ccc(OC)c(Nc2ncc(Cl)c(N3CCc4sccc4C3)n2)c1. The molecule has 9 heteroatoms. The highest BCUT2D eigenvalue weighted by atomic mass is 35.5. The van der Waals surface area contributed by atoms with Gasteiger partial charge >= 0.3 is 0 Å². The summed E-state index contributed by atoms with van der Waals surface area (Å²) in [7, 11) is 1.57. The number of hydrogen-bond acceptors (Lipinski definition) is 7. The van der Waals surface area contributed by atoms with Crippen LogP contribution in [-0.2, 0) is 17.8 Å². The second-order valence-corrected chi connectivity index (χ2v) is 8.05. The van der Waals surface area contributed by atoms with Crippen molar-refractivity contribution in [3.05, 3.63) is 64.0 Å². The monoisotopic (exact) mass is 441 g/mol. The lowest BCUT2D eigenvalue weighted by molar-refractivity contribution is -0.111. The molecule has 0 aliphatic carbocycles. The van der Waals surface area contributed by atoms with Gasteiger partial charge in [0.15, 0.2) is 5.82 Å². The van der Waals surface area contributed by atoms with Crippen LogP contribution in [0.5, 0.6) is 5.75 Å². The highest BCUT2D eigenvalue weighted by Crippen LogP contribution is 2.33. The molecule has 0 radical (unpaired) electrons. The van der Waals surface area contributed by atoms with Gasteiger partial charge < -0.3 is 20.3 Å². The second-order valence-electron chi connectivity index (χ2n) is 6.64. The molecule has 3 heterocycles. The molecule has 1 aromatic carbocycles. The molecule has 0 saturated heterocycles. The molecule has 2 aromatic heterocycles. The second kappa shape index (κ2) is 8.73. The van der Waals surface area contributed by atoms with Crippen LogP contribution in [0.1, 0.15) is 10.4 Å². The topological polar surface area (TPSA) is 79.4 Å². The minimum atomic E-state index is -0.297. The van der Waals surface area contributed by atoms with Crippen molar-refractivity contribution in [3.63, 3.8) is 0 Å². The fourth-order valence-corrected chi connectivity index (χ4v) is 4.37. The Balaban J connectivity index is 1.60. The Bertz CT molecular complexity index is 1100. The number of carbonyl (C=O) groups is 1. The number of ether oxygens (including phenoxy) is 1. The van der Waals surface area contributed by atoms with Crippen LogP contribution in [0.2, 0.25) is 5.02 Å². The van der Waals surface area contributed by atoms with E-state index in [-0.39, 0.29) is 5.91 Å². The van der Waals surface area contributed by atoms with Crippen molar-refractivity contribution < 1.29 is 9.53 Å². The summed E-state index contributed by atoms with van der Waals surface area (Å²) in [6, 6.07) is 7.39. The number of thiophene rings is 1. The number of aromatic nitrogens is 2. The van der Waals surface area contributed by atoms with E-state index in [2.05, 4.69) is 43.5 Å². The standard InChI is InChI=1S/C21H20ClN5O2S/c1-3-19(28)24-14-4-5-17(29-2)16(10-14)25-21-23-11-15(22)20(26-21)27-8-6-18-13(12-27)7-9-30-18/h3-5,7,9-11H,1,6,8,12H2,2H3,(H,24,28)(H,23,25,26). The van der Waals surface area contributed by atoms with Crippen LogP contribution in [0.4, 0.5) is 23.1 Å². The number of nitrogens with one attached hydrogen (secondary N) is 2. The lowest BCUT2D eigenvalue weighted by Crippen LogP contribution is -2.30. The molecule has 7 nitrogen and oxygen atoms in total. The van der Waals surface area contributed by atoms with Gasteiger partial charge in [0.25, 0.3) is 0 Å². The normalized spacial score (nSPS) is 12.8. The number of anilines is 4. The fourth-order valence-electron chi connectivity index (χ4n) is 3.27. The maximum absolute atomic E-state index is 11.6. The van der Waals surface area contributed by atoms with Gasteiger partial charge in [-0.1, -0.05) is 18.2 Å². The Morgan fingerprint density at radius 2 is 2.27 bits per heavy atom. The van der Waals surface area contributed by atoms with Crippen LogP contribution < -0.4 is 20.3 Å². The van der Waals surface area contributed by atoms with Crippen molar-refractivity contribution in [2.45, 2.75) is 13.0 Å². The maximum atomic E-state index is 11.6. The maximum Gasteiger partial charge on any atom is 0.247 e. The van der Waals surface area contributed by atoms with Crippen LogP contribution in [0, 0.1) is 0 Å². The molecule has 1 aliphatic heterocycles. The zero-order valence-corrected chi connectivity index (χ0v) is 17.9. The smallest absolute Gasteiger partial charge is 0.247 e. The van der Waals surface area contributed by atoms with E-state index in [1.54, 1.807) is 42.8 Å². The minimum Gasteiger partial charge on any atom is -0.495 e. The third-order valence-corrected chi connectivity index (χ3v) is 6.02. The largest absolute Gasteiger partial charge is 0.495 e. The first-order valence-corrected chi connectivity index (χ1v) is 10.5. The molecule has 3 aromatic rings. The average Bonchev–Trinajstić information content (AvgIpc) is 3.23. The number of methoxy groups -OCH3 is 1. The van der Waals surface area contributed by atoms with E-state index in [1.807, 2.05) is 0 Å². The van der Waals surface area contributed by atoms with E-state index >= 15 is 0 Å². The third kappa shape index (κ3) is 4.24. The Kier molecular flexibility index (Phi) is 5.87. The summed E-state index contributed by atoms with van der Waals surface area (Å²) in [4.78, 5) is 24.1. The van der Waals surface area contributed by atoms with Crippen molar-refractivity contribution >= 4 is 52.0 Å². The number of amides is 1. The van der Waals surface area contributed by atoms with Gasteiger partial charge in [0.2, 0.25) is 11.9 Å². The Morgan fingerprint density at radius 3 is 3.07 bits per heavy atom. The summed E-state index contributed by atoms with van der Waals surface area (Å²) < 4.78 is 5.42. The van der Waals surface area contributed by atoms with Gasteiger partial charge in [0.1, 0.15) is 10.8 Å². The minimum absolute atomic E-state index is 0.297. The number of fused-ring (bicyclic) bond motifs is 1. The van der Waals surface area contributed by atoms with Crippen LogP contribution in [0.15, 0.2) is 48.5 Å². The van der Waals surface area contributed by atoms with Crippen molar-refractivity contribution in [3.8, 4) is 5.75 Å². The predicted octanol–water partition coefficient (Wildman–Crippen LogP) is 4.63. The summed E-state index contributed by atoms with van der Waals surface area (Å²) in [5, 5.41) is 8.51. The molecule has 0 spiro atoms. The number of halogens is 1. The first-order valence-electron chi connectivity index (χ1n) is 9.28. The van der Waals surface area contributed by atoms with E-state index in [9.17, 15) is 4.79 Å². The molecule has 0 saturated carbocycles. The number of rotatable bonds is 6. The van der Waals surface area contributed by atoms with Gasteiger partial charge in [-0.2, -0.15) is 4.98 Å². The number of nitrogens with zero attached hydrogens (tertiary/aromatic N) is 3. The van der Waals surface area contributed by atoms with Crippen LogP contribution >= 0.6 is 22.9 Å². The molecule has 0 fully saturated rings.